The van der Waals surface area contributed by atoms with Gasteiger partial charge in [-0.3, -0.25) is 14.9 Å². The summed E-state index contributed by atoms with van der Waals surface area (Å²) in [4.78, 5) is 42.7. The lowest BCUT2D eigenvalue weighted by Crippen LogP contribution is -2.26. The van der Waals surface area contributed by atoms with Crippen LogP contribution in [0.1, 0.15) is 26.3 Å². The summed E-state index contributed by atoms with van der Waals surface area (Å²) in [5.41, 5.74) is 0.630. The molecule has 0 aliphatic rings. The molecule has 0 radical (unpaired) electrons. The predicted octanol–water partition coefficient (Wildman–Crippen LogP) is 6.02. The summed E-state index contributed by atoms with van der Waals surface area (Å²) >= 11 is 1.18. The molecule has 1 heterocycles. The normalized spacial score (nSPS) is 11.2. The number of nitrogens with one attached hydrogen (secondary N) is 2. The van der Waals surface area contributed by atoms with Gasteiger partial charge >= 0.3 is 12.3 Å². The lowest BCUT2D eigenvalue weighted by Gasteiger charge is -2.18. The number of benzene rings is 3. The summed E-state index contributed by atoms with van der Waals surface area (Å²) in [6.07, 6.45) is -5.23. The number of fused-ring (bicyclic) bond motifs is 1. The number of anilines is 3. The highest BCUT2D eigenvalue weighted by Gasteiger charge is 2.31. The lowest BCUT2D eigenvalue weighted by atomic mass is 10.1. The van der Waals surface area contributed by atoms with Crippen LogP contribution in [0, 0.1) is 0 Å². The number of thiazole rings is 1. The van der Waals surface area contributed by atoms with Gasteiger partial charge in [-0.1, -0.05) is 23.5 Å². The van der Waals surface area contributed by atoms with Crippen LogP contribution in [0.2, 0.25) is 0 Å². The van der Waals surface area contributed by atoms with Crippen molar-refractivity contribution in [3.05, 3.63) is 83.4 Å². The highest BCUT2D eigenvalue weighted by Crippen LogP contribution is 2.30. The smallest absolute Gasteiger partial charge is 0.416 e. The van der Waals surface area contributed by atoms with Gasteiger partial charge < -0.3 is 15.0 Å². The number of methoxy groups -OCH3 is 1. The highest BCUT2D eigenvalue weighted by atomic mass is 32.1. The first-order chi connectivity index (χ1) is 17.5. The number of nitrogens with zero attached hydrogens (tertiary/aromatic N) is 2. The van der Waals surface area contributed by atoms with Gasteiger partial charge in [0, 0.05) is 29.5 Å². The second kappa shape index (κ2) is 10.3. The van der Waals surface area contributed by atoms with E-state index in [9.17, 15) is 27.6 Å². The molecule has 0 fully saturated rings. The van der Waals surface area contributed by atoms with Crippen LogP contribution in [0.15, 0.2) is 66.7 Å². The Labute approximate surface area is 212 Å². The fourth-order valence-corrected chi connectivity index (χ4v) is 4.28. The van der Waals surface area contributed by atoms with E-state index in [-0.39, 0.29) is 11.5 Å². The number of carbonyl (C=O) groups is 3. The maximum atomic E-state index is 13.1. The third-order valence-corrected chi connectivity index (χ3v) is 6.21. The minimum absolute atomic E-state index is 0.149. The fraction of sp³-hybridized carbons (Fsp3) is 0.120. The van der Waals surface area contributed by atoms with Gasteiger partial charge in [0.15, 0.2) is 5.13 Å². The van der Waals surface area contributed by atoms with Crippen molar-refractivity contribution in [2.45, 2.75) is 6.18 Å². The minimum Gasteiger partial charge on any atom is -0.453 e. The maximum Gasteiger partial charge on any atom is 0.416 e. The SMILES string of the molecule is COC(=O)Nc1nc2ccc(C(=O)N(C)c3cccc(NC(=O)c4cccc(C(F)(F)F)c4)c3)cc2s1. The summed E-state index contributed by atoms with van der Waals surface area (Å²) in [5, 5.41) is 5.37. The first-order valence-corrected chi connectivity index (χ1v) is 11.5. The van der Waals surface area contributed by atoms with E-state index in [1.807, 2.05) is 0 Å². The molecule has 0 aliphatic heterocycles. The van der Waals surface area contributed by atoms with Crippen molar-refractivity contribution in [2.75, 3.05) is 29.7 Å². The standard InChI is InChI=1S/C25H19F3N4O4S/c1-32(22(34)15-9-10-19-20(12-15)37-23(30-19)31-24(35)36-2)18-8-4-7-17(13-18)29-21(33)14-5-3-6-16(11-14)25(26,27)28/h3-13H,1-2H3,(H,29,33)(H,30,31,35). The first-order valence-electron chi connectivity index (χ1n) is 10.7. The van der Waals surface area contributed by atoms with Gasteiger partial charge in [0.25, 0.3) is 11.8 Å². The number of hydrogen-bond acceptors (Lipinski definition) is 6. The molecule has 0 atom stereocenters. The molecular formula is C25H19F3N4O4S. The summed E-state index contributed by atoms with van der Waals surface area (Å²) in [6.45, 7) is 0. The van der Waals surface area contributed by atoms with Crippen LogP contribution in [0.4, 0.5) is 34.5 Å². The lowest BCUT2D eigenvalue weighted by molar-refractivity contribution is -0.137. The minimum atomic E-state index is -4.57. The van der Waals surface area contributed by atoms with Crippen LogP contribution in [-0.2, 0) is 10.9 Å². The molecule has 0 saturated heterocycles. The third kappa shape index (κ3) is 5.86. The molecule has 8 nitrogen and oxygen atoms in total. The van der Waals surface area contributed by atoms with Crippen LogP contribution >= 0.6 is 11.3 Å². The van der Waals surface area contributed by atoms with Gasteiger partial charge in [-0.25, -0.2) is 9.78 Å². The average molecular weight is 529 g/mol. The van der Waals surface area contributed by atoms with Crippen molar-refractivity contribution < 1.29 is 32.3 Å². The van der Waals surface area contributed by atoms with E-state index >= 15 is 0 Å². The van der Waals surface area contributed by atoms with Gasteiger partial charge in [0.05, 0.1) is 22.9 Å². The van der Waals surface area contributed by atoms with Crippen LogP contribution < -0.4 is 15.5 Å². The molecule has 0 spiro atoms. The number of hydrogen-bond donors (Lipinski definition) is 2. The molecule has 3 amide bonds. The van der Waals surface area contributed by atoms with Gasteiger partial charge in [-0.15, -0.1) is 0 Å². The van der Waals surface area contributed by atoms with E-state index in [4.69, 9.17) is 0 Å². The molecule has 1 aromatic heterocycles. The Balaban J connectivity index is 1.51. The molecule has 4 rings (SSSR count). The summed E-state index contributed by atoms with van der Waals surface area (Å²) in [6, 6.07) is 15.4. The molecule has 4 aromatic rings. The topological polar surface area (TPSA) is 101 Å². The van der Waals surface area contributed by atoms with Crippen molar-refractivity contribution in [1.82, 2.24) is 4.98 Å². The number of alkyl halides is 3. The number of rotatable bonds is 5. The van der Waals surface area contributed by atoms with Crippen molar-refractivity contribution in [2.24, 2.45) is 0 Å². The van der Waals surface area contributed by atoms with Gasteiger partial charge in [0.1, 0.15) is 0 Å². The summed E-state index contributed by atoms with van der Waals surface area (Å²) in [5.74, 6) is -1.07. The largest absolute Gasteiger partial charge is 0.453 e. The Kier molecular flexibility index (Phi) is 7.11. The highest BCUT2D eigenvalue weighted by molar-refractivity contribution is 7.22. The molecule has 0 aliphatic carbocycles. The second-order valence-electron chi connectivity index (χ2n) is 7.77. The zero-order chi connectivity index (χ0) is 26.7. The molecule has 2 N–H and O–H groups in total. The summed E-state index contributed by atoms with van der Waals surface area (Å²) < 4.78 is 44.2. The third-order valence-electron chi connectivity index (χ3n) is 5.28. The van der Waals surface area contributed by atoms with Gasteiger partial charge in [-0.05, 0) is 54.6 Å². The molecular weight excluding hydrogens is 509 g/mol. The predicted molar refractivity (Wildman–Crippen MR) is 134 cm³/mol. The Morgan fingerprint density at radius 1 is 0.946 bits per heavy atom. The van der Waals surface area contributed by atoms with Crippen molar-refractivity contribution in [3.63, 3.8) is 0 Å². The van der Waals surface area contributed by atoms with Crippen molar-refractivity contribution >= 4 is 56.0 Å². The quantitative estimate of drug-likeness (QED) is 0.330. The fourth-order valence-electron chi connectivity index (χ4n) is 3.39. The second-order valence-corrected chi connectivity index (χ2v) is 8.80. The molecule has 37 heavy (non-hydrogen) atoms. The zero-order valence-corrected chi connectivity index (χ0v) is 20.2. The molecule has 190 valence electrons. The summed E-state index contributed by atoms with van der Waals surface area (Å²) in [7, 11) is 2.79. The van der Waals surface area contributed by atoms with Crippen LogP contribution in [0.25, 0.3) is 10.2 Å². The van der Waals surface area contributed by atoms with Gasteiger partial charge in [0.2, 0.25) is 0 Å². The molecule has 0 saturated carbocycles. The number of halogens is 3. The molecule has 12 heteroatoms. The van der Waals surface area contributed by atoms with Crippen LogP contribution in [-0.4, -0.2) is 37.0 Å². The van der Waals surface area contributed by atoms with Crippen LogP contribution in [0.5, 0.6) is 0 Å². The number of carbonyl (C=O) groups excluding carboxylic acids is 3. The van der Waals surface area contributed by atoms with Crippen molar-refractivity contribution in [3.8, 4) is 0 Å². The molecule has 0 bridgehead atoms. The number of ether oxygens (including phenoxy) is 1. The van der Waals surface area contributed by atoms with Crippen molar-refractivity contribution in [1.29, 1.82) is 0 Å². The Hall–Kier alpha value is -4.45. The van der Waals surface area contributed by atoms with E-state index in [0.717, 1.165) is 18.2 Å². The molecule has 3 aromatic carbocycles. The first kappa shape index (κ1) is 25.6. The molecule has 0 unspecified atom stereocenters. The monoisotopic (exact) mass is 528 g/mol. The number of amides is 3. The van der Waals surface area contributed by atoms with Gasteiger partial charge in [-0.2, -0.15) is 13.2 Å². The van der Waals surface area contributed by atoms with E-state index in [1.54, 1.807) is 43.4 Å². The van der Waals surface area contributed by atoms with E-state index in [2.05, 4.69) is 20.4 Å². The Morgan fingerprint density at radius 2 is 1.70 bits per heavy atom. The Morgan fingerprint density at radius 3 is 2.43 bits per heavy atom. The Bertz CT molecular complexity index is 1500. The average Bonchev–Trinajstić information content (AvgIpc) is 3.28. The zero-order valence-electron chi connectivity index (χ0n) is 19.4. The number of aromatic nitrogens is 1. The maximum absolute atomic E-state index is 13.1. The van der Waals surface area contributed by atoms with Crippen LogP contribution in [0.3, 0.4) is 0 Å². The van der Waals surface area contributed by atoms with E-state index < -0.39 is 23.7 Å². The van der Waals surface area contributed by atoms with E-state index in [1.165, 1.54) is 35.5 Å². The van der Waals surface area contributed by atoms with E-state index in [0.29, 0.717) is 32.3 Å².